The van der Waals surface area contributed by atoms with E-state index in [-0.39, 0.29) is 6.04 Å². The van der Waals surface area contributed by atoms with Gasteiger partial charge < -0.3 is 0 Å². The largest absolute Gasteiger partial charge is 0.265 e. The first-order valence-electron chi connectivity index (χ1n) is 5.82. The topological polar surface area (TPSA) is 42.3 Å². The van der Waals surface area contributed by atoms with E-state index < -0.39 is 0 Å². The molecule has 0 amide bonds. The molecule has 1 heterocycles. The van der Waals surface area contributed by atoms with Crippen LogP contribution in [0.1, 0.15) is 22.7 Å². The minimum atomic E-state index is -0.175. The highest BCUT2D eigenvalue weighted by Crippen LogP contribution is 2.22. The SMILES string of the molecule is Cc1ccc(C(Cc2ccncc2)N=C=O)cc1. The molecule has 0 bridgehead atoms. The average Bonchev–Trinajstić information content (AvgIpc) is 2.40. The van der Waals surface area contributed by atoms with E-state index in [0.717, 1.165) is 11.1 Å². The molecule has 0 aliphatic carbocycles. The van der Waals surface area contributed by atoms with Crippen molar-refractivity contribution in [3.05, 3.63) is 65.5 Å². The Morgan fingerprint density at radius 3 is 2.44 bits per heavy atom. The van der Waals surface area contributed by atoms with Crippen LogP contribution in [0.5, 0.6) is 0 Å². The molecule has 2 aromatic rings. The standard InChI is InChI=1S/C15H14N2O/c1-12-2-4-14(5-3-12)15(17-11-18)10-13-6-8-16-9-7-13/h2-9,15H,10H2,1H3. The van der Waals surface area contributed by atoms with Crippen LogP contribution in [-0.4, -0.2) is 11.1 Å². The van der Waals surface area contributed by atoms with Crippen LogP contribution in [0.25, 0.3) is 0 Å². The number of isocyanates is 1. The highest BCUT2D eigenvalue weighted by Gasteiger charge is 2.10. The molecule has 1 atom stereocenters. The lowest BCUT2D eigenvalue weighted by Crippen LogP contribution is -2.00. The molecule has 0 radical (unpaired) electrons. The van der Waals surface area contributed by atoms with Crippen molar-refractivity contribution in [1.29, 1.82) is 0 Å². The number of hydrogen-bond donors (Lipinski definition) is 0. The molecule has 0 aliphatic heterocycles. The van der Waals surface area contributed by atoms with Gasteiger partial charge in [0.05, 0.1) is 6.04 Å². The highest BCUT2D eigenvalue weighted by molar-refractivity contribution is 5.36. The molecular formula is C15H14N2O. The third-order valence-corrected chi connectivity index (χ3v) is 2.85. The summed E-state index contributed by atoms with van der Waals surface area (Å²) in [4.78, 5) is 18.4. The maximum absolute atomic E-state index is 10.5. The van der Waals surface area contributed by atoms with Gasteiger partial charge in [-0.2, -0.15) is 4.99 Å². The number of benzene rings is 1. The number of carbonyl (C=O) groups excluding carboxylic acids is 1. The molecule has 3 nitrogen and oxygen atoms in total. The second-order valence-corrected chi connectivity index (χ2v) is 4.21. The Bertz CT molecular complexity index is 542. The first kappa shape index (κ1) is 12.2. The highest BCUT2D eigenvalue weighted by atomic mass is 16.1. The summed E-state index contributed by atoms with van der Waals surface area (Å²) in [5.41, 5.74) is 3.33. The molecule has 1 unspecified atom stereocenters. The molecule has 0 spiro atoms. The van der Waals surface area contributed by atoms with E-state index in [4.69, 9.17) is 0 Å². The maximum atomic E-state index is 10.5. The molecule has 0 N–H and O–H groups in total. The van der Waals surface area contributed by atoms with Crippen LogP contribution < -0.4 is 0 Å². The number of hydrogen-bond acceptors (Lipinski definition) is 3. The van der Waals surface area contributed by atoms with Crippen LogP contribution in [0.2, 0.25) is 0 Å². The van der Waals surface area contributed by atoms with E-state index in [1.165, 1.54) is 5.56 Å². The third-order valence-electron chi connectivity index (χ3n) is 2.85. The zero-order valence-electron chi connectivity index (χ0n) is 10.2. The van der Waals surface area contributed by atoms with Gasteiger partial charge in [-0.1, -0.05) is 29.8 Å². The molecule has 1 aromatic heterocycles. The second kappa shape index (κ2) is 5.89. The summed E-state index contributed by atoms with van der Waals surface area (Å²) in [6, 6.07) is 11.7. The van der Waals surface area contributed by atoms with Crippen molar-refractivity contribution in [2.75, 3.05) is 0 Å². The molecule has 90 valence electrons. The molecule has 0 saturated heterocycles. The minimum Gasteiger partial charge on any atom is -0.265 e. The molecular weight excluding hydrogens is 224 g/mol. The van der Waals surface area contributed by atoms with E-state index in [1.54, 1.807) is 18.5 Å². The number of rotatable bonds is 4. The zero-order chi connectivity index (χ0) is 12.8. The Balaban J connectivity index is 2.23. The van der Waals surface area contributed by atoms with Crippen molar-refractivity contribution >= 4 is 6.08 Å². The summed E-state index contributed by atoms with van der Waals surface area (Å²) in [7, 11) is 0. The molecule has 0 aliphatic rings. The van der Waals surface area contributed by atoms with E-state index in [0.29, 0.717) is 6.42 Å². The monoisotopic (exact) mass is 238 g/mol. The summed E-state index contributed by atoms with van der Waals surface area (Å²) < 4.78 is 0. The summed E-state index contributed by atoms with van der Waals surface area (Å²) >= 11 is 0. The second-order valence-electron chi connectivity index (χ2n) is 4.21. The Morgan fingerprint density at radius 1 is 1.17 bits per heavy atom. The van der Waals surface area contributed by atoms with Crippen molar-refractivity contribution < 1.29 is 4.79 Å². The van der Waals surface area contributed by atoms with E-state index in [1.807, 2.05) is 43.3 Å². The fourth-order valence-corrected chi connectivity index (χ4v) is 1.83. The van der Waals surface area contributed by atoms with Gasteiger partial charge in [-0.3, -0.25) is 4.98 Å². The van der Waals surface area contributed by atoms with Gasteiger partial charge in [-0.25, -0.2) is 4.79 Å². The fraction of sp³-hybridized carbons (Fsp3) is 0.200. The van der Waals surface area contributed by atoms with Gasteiger partial charge in [0, 0.05) is 12.4 Å². The molecule has 18 heavy (non-hydrogen) atoms. The van der Waals surface area contributed by atoms with Crippen molar-refractivity contribution in [2.24, 2.45) is 4.99 Å². The fourth-order valence-electron chi connectivity index (χ4n) is 1.83. The first-order chi connectivity index (χ1) is 8.79. The van der Waals surface area contributed by atoms with Crippen LogP contribution in [0, 0.1) is 6.92 Å². The lowest BCUT2D eigenvalue weighted by Gasteiger charge is -2.11. The van der Waals surface area contributed by atoms with Gasteiger partial charge in [0.25, 0.3) is 0 Å². The van der Waals surface area contributed by atoms with E-state index in [9.17, 15) is 4.79 Å². The van der Waals surface area contributed by atoms with Crippen LogP contribution in [0.15, 0.2) is 53.8 Å². The molecule has 0 fully saturated rings. The Kier molecular flexibility index (Phi) is 4.00. The number of nitrogens with zero attached hydrogens (tertiary/aromatic N) is 2. The number of aromatic nitrogens is 1. The normalized spacial score (nSPS) is 11.6. The Labute approximate surface area is 106 Å². The van der Waals surface area contributed by atoms with Gasteiger partial charge >= 0.3 is 0 Å². The van der Waals surface area contributed by atoms with Gasteiger partial charge in [0.15, 0.2) is 0 Å². The predicted octanol–water partition coefficient (Wildman–Crippen LogP) is 3.01. The quantitative estimate of drug-likeness (QED) is 0.607. The summed E-state index contributed by atoms with van der Waals surface area (Å²) in [6.07, 6.45) is 5.83. The smallest absolute Gasteiger partial charge is 0.235 e. The lowest BCUT2D eigenvalue weighted by molar-refractivity contribution is 0.557. The number of aliphatic imine (C=N–C) groups is 1. The summed E-state index contributed by atoms with van der Waals surface area (Å²) in [5, 5.41) is 0. The van der Waals surface area contributed by atoms with Crippen LogP contribution in [0.3, 0.4) is 0 Å². The minimum absolute atomic E-state index is 0.175. The van der Waals surface area contributed by atoms with Gasteiger partial charge in [0.1, 0.15) is 0 Å². The zero-order valence-corrected chi connectivity index (χ0v) is 10.2. The number of aryl methyl sites for hydroxylation is 1. The van der Waals surface area contributed by atoms with Crippen LogP contribution in [0.4, 0.5) is 0 Å². The molecule has 0 saturated carbocycles. The predicted molar refractivity (Wildman–Crippen MR) is 70.0 cm³/mol. The van der Waals surface area contributed by atoms with Crippen molar-refractivity contribution in [3.63, 3.8) is 0 Å². The van der Waals surface area contributed by atoms with E-state index in [2.05, 4.69) is 9.98 Å². The van der Waals surface area contributed by atoms with Gasteiger partial charge in [0.2, 0.25) is 6.08 Å². The molecule has 2 rings (SSSR count). The number of pyridine rings is 1. The van der Waals surface area contributed by atoms with Crippen molar-refractivity contribution in [1.82, 2.24) is 4.98 Å². The summed E-state index contributed by atoms with van der Waals surface area (Å²) in [5.74, 6) is 0. The Morgan fingerprint density at radius 2 is 1.83 bits per heavy atom. The van der Waals surface area contributed by atoms with Crippen molar-refractivity contribution in [2.45, 2.75) is 19.4 Å². The lowest BCUT2D eigenvalue weighted by atomic mass is 9.99. The molecule has 3 heteroatoms. The van der Waals surface area contributed by atoms with Gasteiger partial charge in [-0.05, 0) is 36.6 Å². The van der Waals surface area contributed by atoms with Gasteiger partial charge in [-0.15, -0.1) is 0 Å². The van der Waals surface area contributed by atoms with E-state index >= 15 is 0 Å². The Hall–Kier alpha value is -2.25. The van der Waals surface area contributed by atoms with Crippen molar-refractivity contribution in [3.8, 4) is 0 Å². The first-order valence-corrected chi connectivity index (χ1v) is 5.82. The average molecular weight is 238 g/mol. The third kappa shape index (κ3) is 3.12. The van der Waals surface area contributed by atoms with Crippen LogP contribution in [-0.2, 0) is 11.2 Å². The molecule has 1 aromatic carbocycles. The van der Waals surface area contributed by atoms with Crippen LogP contribution >= 0.6 is 0 Å². The maximum Gasteiger partial charge on any atom is 0.235 e. The summed E-state index contributed by atoms with van der Waals surface area (Å²) in [6.45, 7) is 2.03.